The van der Waals surface area contributed by atoms with E-state index in [9.17, 15) is 0 Å². The van der Waals surface area contributed by atoms with Gasteiger partial charge in [0.25, 0.3) is 0 Å². The maximum atomic E-state index is 5.79. The second-order valence-electron chi connectivity index (χ2n) is 6.77. The minimum atomic E-state index is 0.810. The zero-order valence-corrected chi connectivity index (χ0v) is 16.8. The molecule has 4 aromatic rings. The molecule has 0 saturated heterocycles. The molecule has 136 valence electrons. The van der Waals surface area contributed by atoms with Gasteiger partial charge < -0.3 is 8.83 Å². The van der Waals surface area contributed by atoms with Gasteiger partial charge in [-0.3, -0.25) is 0 Å². The topological polar surface area (TPSA) is 51.0 Å². The van der Waals surface area contributed by atoms with Crippen LogP contribution in [0.1, 0.15) is 23.0 Å². The Kier molecular flexibility index (Phi) is 3.43. The zero-order chi connectivity index (χ0) is 18.8. The van der Waals surface area contributed by atoms with E-state index in [4.69, 9.17) is 18.8 Å². The molecule has 6 rings (SSSR count). The average molecular weight is 403 g/mol. The monoisotopic (exact) mass is 402 g/mol. The highest BCUT2D eigenvalue weighted by molar-refractivity contribution is 8.15. The smallest absolute Gasteiger partial charge is 0.159 e. The second-order valence-corrected chi connectivity index (χ2v) is 8.84. The van der Waals surface area contributed by atoms with Crippen LogP contribution in [0, 0.1) is 13.8 Å². The Hall–Kier alpha value is -2.70. The third-order valence-corrected chi connectivity index (χ3v) is 6.89. The Morgan fingerprint density at radius 2 is 1.07 bits per heavy atom. The number of hydrogen-bond acceptors (Lipinski definition) is 6. The molecule has 0 atom stereocenters. The Labute approximate surface area is 169 Å². The summed E-state index contributed by atoms with van der Waals surface area (Å²) in [6.45, 7) is 3.90. The fraction of sp³-hybridized carbons (Fsp3) is 0.0909. The second kappa shape index (κ2) is 5.90. The summed E-state index contributed by atoms with van der Waals surface area (Å²) < 4.78 is 11.6. The van der Waals surface area contributed by atoms with Crippen molar-refractivity contribution in [1.29, 1.82) is 0 Å². The molecule has 2 aromatic carbocycles. The molecule has 4 nitrogen and oxygen atoms in total. The van der Waals surface area contributed by atoms with Crippen LogP contribution >= 0.6 is 23.5 Å². The lowest BCUT2D eigenvalue weighted by Gasteiger charge is -2.21. The Bertz CT molecular complexity index is 1240. The third kappa shape index (κ3) is 2.41. The molecule has 0 aliphatic carbocycles. The highest BCUT2D eigenvalue weighted by Gasteiger charge is 2.26. The summed E-state index contributed by atoms with van der Waals surface area (Å²) in [5, 5.41) is 4.11. The summed E-state index contributed by atoms with van der Waals surface area (Å²) in [7, 11) is 0. The van der Waals surface area contributed by atoms with Gasteiger partial charge in [-0.1, -0.05) is 23.5 Å². The van der Waals surface area contributed by atoms with Crippen molar-refractivity contribution >= 4 is 55.8 Å². The lowest BCUT2D eigenvalue weighted by atomic mass is 10.1. The number of furan rings is 2. The number of aliphatic imine (C=N–C) groups is 2. The van der Waals surface area contributed by atoms with Crippen molar-refractivity contribution < 1.29 is 8.83 Å². The van der Waals surface area contributed by atoms with E-state index in [1.165, 1.54) is 9.79 Å². The zero-order valence-electron chi connectivity index (χ0n) is 15.1. The summed E-state index contributed by atoms with van der Waals surface area (Å²) >= 11 is 3.30. The summed E-state index contributed by atoms with van der Waals surface area (Å²) in [5.74, 6) is 3.40. The van der Waals surface area contributed by atoms with Gasteiger partial charge in [0.15, 0.2) is 11.5 Å². The van der Waals surface area contributed by atoms with Gasteiger partial charge in [-0.2, -0.15) is 0 Å². The van der Waals surface area contributed by atoms with Gasteiger partial charge in [0.2, 0.25) is 0 Å². The predicted octanol–water partition coefficient (Wildman–Crippen LogP) is 7.01. The minimum Gasteiger partial charge on any atom is -0.459 e. The first-order chi connectivity index (χ1) is 13.7. The molecule has 2 aliphatic rings. The van der Waals surface area contributed by atoms with E-state index in [2.05, 4.69) is 24.3 Å². The van der Waals surface area contributed by atoms with E-state index in [0.717, 1.165) is 55.3 Å². The largest absolute Gasteiger partial charge is 0.459 e. The third-order valence-electron chi connectivity index (χ3n) is 4.80. The molecule has 4 heterocycles. The first kappa shape index (κ1) is 16.3. The van der Waals surface area contributed by atoms with Gasteiger partial charge in [0, 0.05) is 20.6 Å². The molecule has 0 radical (unpaired) electrons. The molecule has 0 unspecified atom stereocenters. The van der Waals surface area contributed by atoms with Crippen LogP contribution in [0.5, 0.6) is 0 Å². The molecule has 0 bridgehead atoms. The molecule has 2 aliphatic heterocycles. The maximum absolute atomic E-state index is 5.79. The van der Waals surface area contributed by atoms with Gasteiger partial charge >= 0.3 is 0 Å². The van der Waals surface area contributed by atoms with Crippen LogP contribution in [0.15, 0.2) is 77.1 Å². The predicted molar refractivity (Wildman–Crippen MR) is 115 cm³/mol. The molecular weight excluding hydrogens is 388 g/mol. The van der Waals surface area contributed by atoms with Crippen molar-refractivity contribution in [2.24, 2.45) is 9.98 Å². The molecule has 0 spiro atoms. The van der Waals surface area contributed by atoms with Crippen LogP contribution in [-0.4, -0.2) is 10.1 Å². The average Bonchev–Trinajstić information content (AvgIpc) is 3.34. The molecule has 2 aromatic heterocycles. The fourth-order valence-electron chi connectivity index (χ4n) is 3.54. The normalized spacial score (nSPS) is 14.9. The standard InChI is InChI=1S/C22H14N2O2S2/c1-11-3-7-15(25-11)21-23-13-5-10-18-20-14(6-9-17(27-21)19(13)20)24-22(28-18)16-8-4-12(2)26-16/h3-10H,1-2H3. The van der Waals surface area contributed by atoms with Crippen molar-refractivity contribution in [3.8, 4) is 0 Å². The van der Waals surface area contributed by atoms with Crippen LogP contribution in [0.2, 0.25) is 0 Å². The summed E-state index contributed by atoms with van der Waals surface area (Å²) in [5.41, 5.74) is 1.93. The van der Waals surface area contributed by atoms with Gasteiger partial charge in [-0.25, -0.2) is 9.98 Å². The molecule has 0 amide bonds. The van der Waals surface area contributed by atoms with Crippen LogP contribution in [-0.2, 0) is 0 Å². The number of hydrogen-bond donors (Lipinski definition) is 0. The van der Waals surface area contributed by atoms with E-state index >= 15 is 0 Å². The highest BCUT2D eigenvalue weighted by Crippen LogP contribution is 2.50. The fourth-order valence-corrected chi connectivity index (χ4v) is 5.55. The van der Waals surface area contributed by atoms with Crippen molar-refractivity contribution in [1.82, 2.24) is 0 Å². The SMILES string of the molecule is Cc1ccc(C2=Nc3ccc4c5c(ccc(c35)S2)N=C(c2ccc(C)o2)S4)o1. The number of benzene rings is 2. The van der Waals surface area contributed by atoms with Crippen LogP contribution in [0.3, 0.4) is 0 Å². The van der Waals surface area contributed by atoms with Crippen LogP contribution in [0.25, 0.3) is 10.8 Å². The van der Waals surface area contributed by atoms with Gasteiger partial charge in [-0.15, -0.1) is 0 Å². The molecule has 0 saturated carbocycles. The molecule has 28 heavy (non-hydrogen) atoms. The summed E-state index contributed by atoms with van der Waals surface area (Å²) in [4.78, 5) is 12.1. The Balaban J connectivity index is 1.53. The Morgan fingerprint density at radius 1 is 0.607 bits per heavy atom. The summed E-state index contributed by atoms with van der Waals surface area (Å²) in [6, 6.07) is 16.3. The summed E-state index contributed by atoms with van der Waals surface area (Å²) in [6.07, 6.45) is 0. The van der Waals surface area contributed by atoms with E-state index in [0.29, 0.717) is 0 Å². The van der Waals surface area contributed by atoms with Gasteiger partial charge in [-0.05, 0) is 62.4 Å². The maximum Gasteiger partial charge on any atom is 0.159 e. The number of aryl methyl sites for hydroxylation is 2. The molecule has 0 fully saturated rings. The minimum absolute atomic E-state index is 0.810. The number of rotatable bonds is 2. The lowest BCUT2D eigenvalue weighted by molar-refractivity contribution is 0.527. The quantitative estimate of drug-likeness (QED) is 0.362. The van der Waals surface area contributed by atoms with Crippen molar-refractivity contribution in [2.75, 3.05) is 0 Å². The molecule has 0 N–H and O–H groups in total. The van der Waals surface area contributed by atoms with Crippen LogP contribution < -0.4 is 0 Å². The molecule has 6 heteroatoms. The first-order valence-corrected chi connectivity index (χ1v) is 10.6. The highest BCUT2D eigenvalue weighted by atomic mass is 32.2. The van der Waals surface area contributed by atoms with E-state index < -0.39 is 0 Å². The van der Waals surface area contributed by atoms with E-state index in [1.807, 2.05) is 38.1 Å². The van der Waals surface area contributed by atoms with Crippen LogP contribution in [0.4, 0.5) is 11.4 Å². The first-order valence-electron chi connectivity index (χ1n) is 8.92. The van der Waals surface area contributed by atoms with Gasteiger partial charge in [0.05, 0.1) is 11.4 Å². The number of thioether (sulfide) groups is 2. The number of nitrogens with zero attached hydrogens (tertiary/aromatic N) is 2. The lowest BCUT2D eigenvalue weighted by Crippen LogP contribution is -2.02. The molecular formula is C22H14N2O2S2. The van der Waals surface area contributed by atoms with Crippen molar-refractivity contribution in [3.63, 3.8) is 0 Å². The Morgan fingerprint density at radius 3 is 1.46 bits per heavy atom. The van der Waals surface area contributed by atoms with E-state index in [1.54, 1.807) is 23.5 Å². The van der Waals surface area contributed by atoms with E-state index in [-0.39, 0.29) is 0 Å². The van der Waals surface area contributed by atoms with Gasteiger partial charge in [0.1, 0.15) is 21.6 Å². The van der Waals surface area contributed by atoms with Crippen molar-refractivity contribution in [3.05, 3.63) is 71.6 Å². The van der Waals surface area contributed by atoms with Crippen molar-refractivity contribution in [2.45, 2.75) is 23.6 Å².